The summed E-state index contributed by atoms with van der Waals surface area (Å²) >= 11 is 12.6. The number of thiocarbonyl (C=S) groups is 2. The SMILES string of the molecule is Cc1ccc(N(c2ccc(/C=C/C=C/C=C3/SC(=S)N(CC(=O)O)C3=O)cc2)c2cc(C)c3c(c2)CN2CN3Cc3cc(N(c4ccc(/C=C/C=C/C=C5/SC(=S)N(CC(=O)O)C5=O)cc4)c4ccc(C)c(C)c4)cc(C)c32)cc1C. The minimum Gasteiger partial charge on any atom is -0.480 e. The molecule has 0 saturated carbocycles. The summed E-state index contributed by atoms with van der Waals surface area (Å²) < 4.78 is 0.475. The Morgan fingerprint density at radius 2 is 0.852 bits per heavy atom. The summed E-state index contributed by atoms with van der Waals surface area (Å²) in [6.45, 7) is 14.4. The number of carbonyl (C=O) groups is 4. The van der Waals surface area contributed by atoms with Gasteiger partial charge in [0, 0.05) is 58.6 Å². The molecule has 10 rings (SSSR count). The Labute approximate surface area is 491 Å². The first-order valence-corrected chi connectivity index (χ1v) is 28.7. The number of rotatable bonds is 16. The smallest absolute Gasteiger partial charge is 0.323 e. The maximum absolute atomic E-state index is 12.7. The number of allylic oxidation sites excluding steroid dienone is 8. The highest BCUT2D eigenvalue weighted by Crippen LogP contribution is 2.47. The van der Waals surface area contributed by atoms with Gasteiger partial charge >= 0.3 is 11.9 Å². The number of fused-ring (bicyclic) bond motifs is 6. The number of carboxylic acid groups (broad SMARTS) is 2. The van der Waals surface area contributed by atoms with Gasteiger partial charge in [0.05, 0.1) is 16.5 Å². The molecule has 81 heavy (non-hydrogen) atoms. The molecule has 12 nitrogen and oxygen atoms in total. The molecule has 4 heterocycles. The first-order chi connectivity index (χ1) is 38.9. The monoisotopic (exact) mass is 1150 g/mol. The van der Waals surface area contributed by atoms with E-state index in [1.54, 1.807) is 24.3 Å². The number of amides is 2. The molecular formula is C65H58N6O6S4. The molecule has 2 amide bonds. The second-order valence-corrected chi connectivity index (χ2v) is 23.7. The standard InChI is InChI=1S/C65H58N6O6S4/c1-40-17-23-52(29-42(40)3)70(50-25-19-46(20-26-50)13-9-7-11-15-56-62(76)68(37-58(72)73)64(78)80-56)54-31-44(5)60-48(33-54)35-66-39-67(60)36-49-34-55(32-45(6)61(49)66)71(53-24-18-41(2)43(4)30-53)51-27-21-47(22-28-51)14-10-8-12-16-57-63(77)69(38-59(74)75)65(79)81-57/h7-34H,35-39H2,1-6H3,(H,72,73)(H,74,75)/b11-7+,12-8+,13-9+,14-10+,56-15+,57-16+. The lowest BCUT2D eigenvalue weighted by Crippen LogP contribution is -2.46. The molecule has 2 bridgehead atoms. The highest BCUT2D eigenvalue weighted by atomic mass is 32.2. The van der Waals surface area contributed by atoms with Crippen molar-refractivity contribution in [3.05, 3.63) is 223 Å². The van der Waals surface area contributed by atoms with Crippen LogP contribution in [0.15, 0.2) is 168 Å². The number of anilines is 8. The molecule has 4 aliphatic rings. The molecular weight excluding hydrogens is 1090 g/mol. The van der Waals surface area contributed by atoms with E-state index < -0.39 is 36.8 Å². The number of hydrogen-bond donors (Lipinski definition) is 2. The maximum Gasteiger partial charge on any atom is 0.323 e. The van der Waals surface area contributed by atoms with Gasteiger partial charge in [-0.2, -0.15) is 0 Å². The van der Waals surface area contributed by atoms with E-state index in [0.29, 0.717) is 9.81 Å². The van der Waals surface area contributed by atoms with Crippen LogP contribution in [0.2, 0.25) is 0 Å². The van der Waals surface area contributed by atoms with Crippen LogP contribution in [0.25, 0.3) is 12.2 Å². The Morgan fingerprint density at radius 1 is 0.481 bits per heavy atom. The van der Waals surface area contributed by atoms with E-state index in [1.165, 1.54) is 55.9 Å². The average Bonchev–Trinajstić information content (AvgIpc) is 3.89. The minimum absolute atomic E-state index is 0.237. The first kappa shape index (κ1) is 56.0. The second kappa shape index (κ2) is 23.8. The Kier molecular flexibility index (Phi) is 16.5. The van der Waals surface area contributed by atoms with E-state index in [1.807, 2.05) is 36.5 Å². The maximum atomic E-state index is 12.7. The molecule has 0 spiro atoms. The van der Waals surface area contributed by atoms with Crippen LogP contribution in [0.3, 0.4) is 0 Å². The van der Waals surface area contributed by atoms with E-state index >= 15 is 0 Å². The van der Waals surface area contributed by atoms with Crippen molar-refractivity contribution < 1.29 is 29.4 Å². The zero-order valence-electron chi connectivity index (χ0n) is 45.5. The number of carboxylic acids is 2. The van der Waals surface area contributed by atoms with E-state index in [-0.39, 0.29) is 8.64 Å². The molecule has 0 aliphatic carbocycles. The predicted octanol–water partition coefficient (Wildman–Crippen LogP) is 14.6. The van der Waals surface area contributed by atoms with Gasteiger partial charge in [0.25, 0.3) is 11.8 Å². The number of aliphatic carboxylic acids is 2. The van der Waals surface area contributed by atoms with Gasteiger partial charge in [0.1, 0.15) is 21.7 Å². The van der Waals surface area contributed by atoms with Crippen LogP contribution in [0.1, 0.15) is 55.6 Å². The quantitative estimate of drug-likeness (QED) is 0.0542. The van der Waals surface area contributed by atoms with Gasteiger partial charge in [0.15, 0.2) is 0 Å². The minimum atomic E-state index is -1.11. The lowest BCUT2D eigenvalue weighted by Gasteiger charge is -2.47. The number of aryl methyl sites for hydroxylation is 6. The zero-order valence-corrected chi connectivity index (χ0v) is 48.8. The van der Waals surface area contributed by atoms with Crippen LogP contribution in [0.4, 0.5) is 45.5 Å². The molecule has 0 aromatic heterocycles. The van der Waals surface area contributed by atoms with Crippen LogP contribution in [-0.4, -0.2) is 72.2 Å². The van der Waals surface area contributed by atoms with E-state index in [4.69, 9.17) is 34.6 Å². The summed E-state index contributed by atoms with van der Waals surface area (Å²) in [5.74, 6) is -3.03. The van der Waals surface area contributed by atoms with E-state index in [9.17, 15) is 19.2 Å². The van der Waals surface area contributed by atoms with Crippen LogP contribution in [0.5, 0.6) is 0 Å². The lowest BCUT2D eigenvalue weighted by molar-refractivity contribution is -0.140. The van der Waals surface area contributed by atoms with E-state index in [0.717, 1.165) is 98.3 Å². The summed E-state index contributed by atoms with van der Waals surface area (Å²) in [6, 6.07) is 39.6. The van der Waals surface area contributed by atoms with E-state index in [2.05, 4.69) is 170 Å². The van der Waals surface area contributed by atoms with Crippen molar-refractivity contribution in [1.29, 1.82) is 0 Å². The van der Waals surface area contributed by atoms with Crippen molar-refractivity contribution in [1.82, 2.24) is 9.80 Å². The van der Waals surface area contributed by atoms with Crippen LogP contribution in [-0.2, 0) is 32.3 Å². The Bertz CT molecular complexity index is 3540. The normalized spacial score (nSPS) is 16.2. The summed E-state index contributed by atoms with van der Waals surface area (Å²) in [5, 5.41) is 18.3. The molecule has 6 aromatic carbocycles. The molecule has 6 aromatic rings. The van der Waals surface area contributed by atoms with Gasteiger partial charge in [-0.15, -0.1) is 0 Å². The fourth-order valence-electron chi connectivity index (χ4n) is 10.5. The third kappa shape index (κ3) is 12.1. The molecule has 0 atom stereocenters. The van der Waals surface area contributed by atoms with Crippen molar-refractivity contribution in [3.8, 4) is 0 Å². The summed E-state index contributed by atoms with van der Waals surface area (Å²) in [7, 11) is 0. The van der Waals surface area contributed by atoms with Crippen molar-refractivity contribution in [3.63, 3.8) is 0 Å². The highest BCUT2D eigenvalue weighted by Gasteiger charge is 2.36. The predicted molar refractivity (Wildman–Crippen MR) is 339 cm³/mol. The van der Waals surface area contributed by atoms with Crippen LogP contribution < -0.4 is 19.6 Å². The average molecular weight is 1150 g/mol. The number of nitrogens with zero attached hydrogens (tertiary/aromatic N) is 6. The van der Waals surface area contributed by atoms with Crippen molar-refractivity contribution in [2.45, 2.75) is 54.6 Å². The second-order valence-electron chi connectivity index (χ2n) is 20.3. The molecule has 16 heteroatoms. The topological polar surface area (TPSA) is 128 Å². The fraction of sp³-hybridized carbons (Fsp3) is 0.169. The van der Waals surface area contributed by atoms with Gasteiger partial charge in [-0.1, -0.05) is 133 Å². The fourth-order valence-corrected chi connectivity index (χ4v) is 12.9. The molecule has 0 radical (unpaired) electrons. The number of hydrogen-bond acceptors (Lipinski definition) is 12. The van der Waals surface area contributed by atoms with Gasteiger partial charge in [-0.25, -0.2) is 0 Å². The molecule has 408 valence electrons. The summed E-state index contributed by atoms with van der Waals surface area (Å²) in [6.07, 6.45) is 18.3. The highest BCUT2D eigenvalue weighted by molar-refractivity contribution is 8.27. The first-order valence-electron chi connectivity index (χ1n) is 26.2. The number of thioether (sulfide) groups is 2. The molecule has 2 fully saturated rings. The van der Waals surface area contributed by atoms with Crippen molar-refractivity contribution >= 4 is 138 Å². The Hall–Kier alpha value is -8.28. The Balaban J connectivity index is 0.896. The Morgan fingerprint density at radius 3 is 1.22 bits per heavy atom. The largest absolute Gasteiger partial charge is 0.480 e. The summed E-state index contributed by atoms with van der Waals surface area (Å²) in [4.78, 5) is 60.4. The molecule has 2 N–H and O–H groups in total. The molecule has 0 unspecified atom stereocenters. The third-order valence-electron chi connectivity index (χ3n) is 14.6. The van der Waals surface area contributed by atoms with Crippen molar-refractivity contribution in [2.24, 2.45) is 0 Å². The zero-order chi connectivity index (χ0) is 57.2. The summed E-state index contributed by atoms with van der Waals surface area (Å²) in [5.41, 5.74) is 20.7. The van der Waals surface area contributed by atoms with Crippen LogP contribution in [0, 0.1) is 41.5 Å². The van der Waals surface area contributed by atoms with Crippen molar-refractivity contribution in [2.75, 3.05) is 39.4 Å². The number of benzene rings is 6. The van der Waals surface area contributed by atoms with Gasteiger partial charge in [-0.05, 0) is 182 Å². The lowest BCUT2D eigenvalue weighted by atomic mass is 9.95. The van der Waals surface area contributed by atoms with Crippen LogP contribution >= 0.6 is 48.0 Å². The van der Waals surface area contributed by atoms with Gasteiger partial charge in [0.2, 0.25) is 0 Å². The van der Waals surface area contributed by atoms with Gasteiger partial charge < -0.3 is 29.8 Å². The molecule has 2 saturated heterocycles. The molecule has 4 aliphatic heterocycles. The third-order valence-corrected chi connectivity index (χ3v) is 17.4. The number of carbonyl (C=O) groups excluding carboxylic acids is 2. The van der Waals surface area contributed by atoms with Gasteiger partial charge in [-0.3, -0.25) is 29.0 Å².